The first-order valence-corrected chi connectivity index (χ1v) is 12.0. The molecular weight excluding hydrogens is 438 g/mol. The Kier molecular flexibility index (Phi) is 4.71. The molecule has 2 aromatic carbocycles. The maximum Gasteiger partial charge on any atom is 0.240 e. The van der Waals surface area contributed by atoms with E-state index in [4.69, 9.17) is 4.74 Å². The van der Waals surface area contributed by atoms with Gasteiger partial charge in [-0.05, 0) is 63.5 Å². The lowest BCUT2D eigenvalue weighted by Gasteiger charge is -2.30. The van der Waals surface area contributed by atoms with Crippen LogP contribution in [0.25, 0.3) is 16.8 Å². The predicted molar refractivity (Wildman–Crippen MR) is 132 cm³/mol. The standard InChI is InChI=1S/C29H25N3O3/c1-18-7-5-8-20(31-18)9-6-14-29-16-15-28(2,35-29)24-25(29)27(34)32(26(24)33)23-13-12-19(17-30)21-10-3-4-11-22(21)23/h3-13,24-25H,14-16H2,1-2H3. The molecule has 0 saturated carbocycles. The number of anilines is 1. The molecule has 0 N–H and O–H groups in total. The van der Waals surface area contributed by atoms with Crippen molar-refractivity contribution in [1.82, 2.24) is 4.98 Å². The van der Waals surface area contributed by atoms with Crippen LogP contribution in [0.2, 0.25) is 0 Å². The van der Waals surface area contributed by atoms with Crippen molar-refractivity contribution in [3.05, 3.63) is 77.6 Å². The number of carbonyl (C=O) groups is 2. The van der Waals surface area contributed by atoms with Crippen molar-refractivity contribution in [2.45, 2.75) is 44.3 Å². The number of carbonyl (C=O) groups excluding carboxylic acids is 2. The van der Waals surface area contributed by atoms with Gasteiger partial charge in [-0.25, -0.2) is 4.90 Å². The Morgan fingerprint density at radius 3 is 2.60 bits per heavy atom. The van der Waals surface area contributed by atoms with Crippen molar-refractivity contribution in [3.8, 4) is 6.07 Å². The summed E-state index contributed by atoms with van der Waals surface area (Å²) in [6, 6.07) is 18.9. The normalized spacial score (nSPS) is 29.3. The second-order valence-electron chi connectivity index (χ2n) is 10.0. The Hall–Kier alpha value is -3.82. The van der Waals surface area contributed by atoms with Gasteiger partial charge < -0.3 is 4.74 Å². The molecule has 3 saturated heterocycles. The molecule has 6 heteroatoms. The number of imide groups is 1. The molecule has 1 aromatic heterocycles. The van der Waals surface area contributed by atoms with Crippen LogP contribution >= 0.6 is 0 Å². The van der Waals surface area contributed by atoms with Crippen molar-refractivity contribution in [1.29, 1.82) is 5.26 Å². The Labute approximate surface area is 203 Å². The lowest BCUT2D eigenvalue weighted by molar-refractivity contribution is -0.130. The van der Waals surface area contributed by atoms with Gasteiger partial charge in [0.25, 0.3) is 0 Å². The van der Waals surface area contributed by atoms with Crippen LogP contribution in [0.3, 0.4) is 0 Å². The maximum atomic E-state index is 13.9. The summed E-state index contributed by atoms with van der Waals surface area (Å²) in [5.41, 5.74) is 1.49. The highest BCUT2D eigenvalue weighted by Gasteiger charge is 2.73. The molecule has 2 bridgehead atoms. The van der Waals surface area contributed by atoms with E-state index in [1.54, 1.807) is 12.1 Å². The third-order valence-electron chi connectivity index (χ3n) is 7.94. The quantitative estimate of drug-likeness (QED) is 0.512. The van der Waals surface area contributed by atoms with Crippen LogP contribution in [0.15, 0.2) is 60.7 Å². The molecule has 2 amide bonds. The van der Waals surface area contributed by atoms with Crippen LogP contribution in [-0.4, -0.2) is 28.0 Å². The predicted octanol–water partition coefficient (Wildman–Crippen LogP) is 4.95. The minimum absolute atomic E-state index is 0.205. The van der Waals surface area contributed by atoms with Gasteiger partial charge in [0, 0.05) is 16.5 Å². The molecule has 4 heterocycles. The highest BCUT2D eigenvalue weighted by Crippen LogP contribution is 2.62. The summed E-state index contributed by atoms with van der Waals surface area (Å²) in [6.45, 7) is 3.92. The summed E-state index contributed by atoms with van der Waals surface area (Å²) >= 11 is 0. The molecule has 3 aliphatic rings. The molecule has 4 unspecified atom stereocenters. The SMILES string of the molecule is Cc1cccc(C=CCC23CCC(C)(O2)C2C(=O)N(c4ccc(C#N)c5ccccc45)C(=O)C23)n1. The number of aryl methyl sites for hydroxylation is 1. The highest BCUT2D eigenvalue weighted by atomic mass is 16.5. The number of benzene rings is 2. The number of aromatic nitrogens is 1. The first kappa shape index (κ1) is 21.7. The zero-order chi connectivity index (χ0) is 24.4. The van der Waals surface area contributed by atoms with Gasteiger partial charge in [-0.3, -0.25) is 14.6 Å². The number of pyridine rings is 1. The van der Waals surface area contributed by atoms with Gasteiger partial charge in [0.2, 0.25) is 11.8 Å². The summed E-state index contributed by atoms with van der Waals surface area (Å²) in [5, 5.41) is 11.0. The number of hydrogen-bond donors (Lipinski definition) is 0. The highest BCUT2D eigenvalue weighted by molar-refractivity contribution is 6.26. The molecule has 35 heavy (non-hydrogen) atoms. The molecule has 6 rings (SSSR count). The molecule has 0 aliphatic carbocycles. The van der Waals surface area contributed by atoms with Gasteiger partial charge >= 0.3 is 0 Å². The van der Waals surface area contributed by atoms with Gasteiger partial charge in [0.15, 0.2) is 0 Å². The molecular formula is C29H25N3O3. The monoisotopic (exact) mass is 463 g/mol. The number of fused-ring (bicyclic) bond motifs is 6. The van der Waals surface area contributed by atoms with Gasteiger partial charge in [0.1, 0.15) is 0 Å². The van der Waals surface area contributed by atoms with Gasteiger partial charge in [-0.1, -0.05) is 36.4 Å². The van der Waals surface area contributed by atoms with Crippen molar-refractivity contribution in [2.24, 2.45) is 11.8 Å². The number of ether oxygens (including phenoxy) is 1. The lowest BCUT2D eigenvalue weighted by Crippen LogP contribution is -2.41. The molecule has 0 radical (unpaired) electrons. The van der Waals surface area contributed by atoms with Gasteiger partial charge in [-0.2, -0.15) is 5.26 Å². The van der Waals surface area contributed by atoms with Crippen LogP contribution in [0, 0.1) is 30.1 Å². The Balaban J connectivity index is 1.38. The van der Waals surface area contributed by atoms with E-state index in [0.717, 1.165) is 35.0 Å². The molecule has 3 aromatic rings. The fourth-order valence-corrected chi connectivity index (χ4v) is 6.40. The molecule has 6 nitrogen and oxygen atoms in total. The maximum absolute atomic E-state index is 13.9. The summed E-state index contributed by atoms with van der Waals surface area (Å²) in [4.78, 5) is 33.6. The number of nitriles is 1. The largest absolute Gasteiger partial charge is 0.367 e. The van der Waals surface area contributed by atoms with E-state index in [9.17, 15) is 14.9 Å². The zero-order valence-electron chi connectivity index (χ0n) is 19.7. The van der Waals surface area contributed by atoms with E-state index in [2.05, 4.69) is 11.1 Å². The van der Waals surface area contributed by atoms with Gasteiger partial charge in [-0.15, -0.1) is 0 Å². The van der Waals surface area contributed by atoms with E-state index in [1.807, 2.05) is 68.5 Å². The lowest BCUT2D eigenvalue weighted by atomic mass is 9.67. The Morgan fingerprint density at radius 1 is 1.06 bits per heavy atom. The average molecular weight is 464 g/mol. The Morgan fingerprint density at radius 2 is 1.83 bits per heavy atom. The number of amides is 2. The van der Waals surface area contributed by atoms with Gasteiger partial charge in [0.05, 0.1) is 46.1 Å². The van der Waals surface area contributed by atoms with Crippen LogP contribution in [0.4, 0.5) is 5.69 Å². The topological polar surface area (TPSA) is 83.3 Å². The van der Waals surface area contributed by atoms with E-state index in [0.29, 0.717) is 17.7 Å². The minimum atomic E-state index is -0.705. The van der Waals surface area contributed by atoms with Crippen molar-refractivity contribution >= 4 is 34.4 Å². The summed E-state index contributed by atoms with van der Waals surface area (Å²) < 4.78 is 6.54. The zero-order valence-corrected chi connectivity index (χ0v) is 19.7. The molecule has 3 aliphatic heterocycles. The summed E-state index contributed by atoms with van der Waals surface area (Å²) in [6.07, 6.45) is 6.00. The van der Waals surface area contributed by atoms with Crippen molar-refractivity contribution < 1.29 is 14.3 Å². The van der Waals surface area contributed by atoms with Crippen LogP contribution in [0.1, 0.15) is 43.1 Å². The van der Waals surface area contributed by atoms with E-state index >= 15 is 0 Å². The number of hydrogen-bond acceptors (Lipinski definition) is 5. The van der Waals surface area contributed by atoms with Crippen molar-refractivity contribution in [3.63, 3.8) is 0 Å². The number of rotatable bonds is 4. The van der Waals surface area contributed by atoms with Crippen molar-refractivity contribution in [2.75, 3.05) is 4.90 Å². The average Bonchev–Trinajstić information content (AvgIpc) is 3.43. The summed E-state index contributed by atoms with van der Waals surface area (Å²) in [5.74, 6) is -1.45. The third-order valence-corrected chi connectivity index (χ3v) is 7.94. The van der Waals surface area contributed by atoms with Crippen LogP contribution < -0.4 is 4.90 Å². The molecule has 0 spiro atoms. The van der Waals surface area contributed by atoms with Crippen LogP contribution in [-0.2, 0) is 14.3 Å². The van der Waals surface area contributed by atoms with E-state index < -0.39 is 23.0 Å². The smallest absolute Gasteiger partial charge is 0.240 e. The second kappa shape index (κ2) is 7.59. The summed E-state index contributed by atoms with van der Waals surface area (Å²) in [7, 11) is 0. The fraction of sp³-hybridized carbons (Fsp3) is 0.310. The number of nitrogens with zero attached hydrogens (tertiary/aromatic N) is 3. The first-order valence-electron chi connectivity index (χ1n) is 12.0. The Bertz CT molecular complexity index is 1470. The van der Waals surface area contributed by atoms with E-state index in [1.165, 1.54) is 4.90 Å². The van der Waals surface area contributed by atoms with Crippen LogP contribution in [0.5, 0.6) is 0 Å². The fourth-order valence-electron chi connectivity index (χ4n) is 6.40. The first-order chi connectivity index (χ1) is 16.9. The third kappa shape index (κ3) is 3.08. The second-order valence-corrected chi connectivity index (χ2v) is 10.0. The molecule has 174 valence electrons. The minimum Gasteiger partial charge on any atom is -0.367 e. The molecule has 3 fully saturated rings. The molecule has 4 atom stereocenters. The van der Waals surface area contributed by atoms with E-state index in [-0.39, 0.29) is 11.8 Å².